The standard InChI is InChI=1S/C16H13ClF3N3O2S/c1-9-5-13(24-8-10-3-4-12(17)26-10)21-14(6-9)25-15-7-11(16(18,19)20)22-23(15)2/h3-7H,8H2,1-2H3. The first-order chi connectivity index (χ1) is 12.2. The van der Waals surface area contributed by atoms with Crippen molar-refractivity contribution in [3.8, 4) is 17.6 Å². The summed E-state index contributed by atoms with van der Waals surface area (Å²) in [4.78, 5) is 5.09. The van der Waals surface area contributed by atoms with Gasteiger partial charge < -0.3 is 9.47 Å². The van der Waals surface area contributed by atoms with Crippen molar-refractivity contribution in [3.05, 3.63) is 50.8 Å². The van der Waals surface area contributed by atoms with Gasteiger partial charge in [0.05, 0.1) is 4.34 Å². The van der Waals surface area contributed by atoms with E-state index < -0.39 is 11.9 Å². The first-order valence-corrected chi connectivity index (χ1v) is 8.55. The second-order valence-corrected chi connectivity index (χ2v) is 7.21. The largest absolute Gasteiger partial charge is 0.472 e. The molecule has 0 N–H and O–H groups in total. The van der Waals surface area contributed by atoms with E-state index in [1.54, 1.807) is 25.1 Å². The predicted octanol–water partition coefficient (Wildman–Crippen LogP) is 5.23. The van der Waals surface area contributed by atoms with Crippen LogP contribution in [0.4, 0.5) is 13.2 Å². The highest BCUT2D eigenvalue weighted by Gasteiger charge is 2.35. The highest BCUT2D eigenvalue weighted by atomic mass is 35.5. The van der Waals surface area contributed by atoms with Crippen molar-refractivity contribution in [2.75, 3.05) is 0 Å². The second-order valence-electron chi connectivity index (χ2n) is 5.41. The van der Waals surface area contributed by atoms with E-state index in [9.17, 15) is 13.2 Å². The normalized spacial score (nSPS) is 11.6. The van der Waals surface area contributed by atoms with E-state index in [1.807, 2.05) is 6.07 Å². The fraction of sp³-hybridized carbons (Fsp3) is 0.250. The number of nitrogens with zero attached hydrogens (tertiary/aromatic N) is 3. The van der Waals surface area contributed by atoms with Crippen LogP contribution in [-0.2, 0) is 19.8 Å². The number of ether oxygens (including phenoxy) is 2. The topological polar surface area (TPSA) is 49.2 Å². The zero-order chi connectivity index (χ0) is 18.9. The Balaban J connectivity index is 1.76. The van der Waals surface area contributed by atoms with Gasteiger partial charge in [-0.05, 0) is 24.6 Å². The molecule has 0 saturated heterocycles. The third kappa shape index (κ3) is 4.47. The molecular weight excluding hydrogens is 391 g/mol. The monoisotopic (exact) mass is 403 g/mol. The lowest BCUT2D eigenvalue weighted by atomic mass is 10.3. The zero-order valence-corrected chi connectivity index (χ0v) is 15.2. The Bertz CT molecular complexity index is 924. The quantitative estimate of drug-likeness (QED) is 0.585. The number of thiophene rings is 1. The van der Waals surface area contributed by atoms with Crippen molar-refractivity contribution in [1.82, 2.24) is 14.8 Å². The van der Waals surface area contributed by atoms with Crippen molar-refractivity contribution in [2.45, 2.75) is 19.7 Å². The van der Waals surface area contributed by atoms with Crippen molar-refractivity contribution in [3.63, 3.8) is 0 Å². The van der Waals surface area contributed by atoms with Gasteiger partial charge >= 0.3 is 6.18 Å². The lowest BCUT2D eigenvalue weighted by Crippen LogP contribution is -2.06. The molecule has 3 heterocycles. The molecule has 138 valence electrons. The molecule has 0 amide bonds. The number of hydrogen-bond donors (Lipinski definition) is 0. The van der Waals surface area contributed by atoms with E-state index in [0.29, 0.717) is 10.2 Å². The van der Waals surface area contributed by atoms with E-state index in [0.717, 1.165) is 21.2 Å². The van der Waals surface area contributed by atoms with Crippen LogP contribution in [0.3, 0.4) is 0 Å². The molecule has 0 aliphatic carbocycles. The summed E-state index contributed by atoms with van der Waals surface area (Å²) < 4.78 is 50.9. The maximum Gasteiger partial charge on any atom is 0.435 e. The van der Waals surface area contributed by atoms with Gasteiger partial charge in [-0.1, -0.05) is 11.6 Å². The van der Waals surface area contributed by atoms with Gasteiger partial charge in [-0.3, -0.25) is 0 Å². The van der Waals surface area contributed by atoms with Gasteiger partial charge in [-0.2, -0.15) is 23.3 Å². The minimum absolute atomic E-state index is 0.0774. The van der Waals surface area contributed by atoms with E-state index in [2.05, 4.69) is 10.1 Å². The highest BCUT2D eigenvalue weighted by molar-refractivity contribution is 7.16. The Morgan fingerprint density at radius 3 is 2.54 bits per heavy atom. The van der Waals surface area contributed by atoms with Gasteiger partial charge in [0.1, 0.15) is 6.61 Å². The van der Waals surface area contributed by atoms with Gasteiger partial charge in [-0.15, -0.1) is 11.3 Å². The molecule has 0 fully saturated rings. The molecule has 0 atom stereocenters. The molecule has 0 unspecified atom stereocenters. The number of rotatable bonds is 5. The third-order valence-corrected chi connectivity index (χ3v) is 4.45. The Morgan fingerprint density at radius 2 is 1.92 bits per heavy atom. The summed E-state index contributed by atoms with van der Waals surface area (Å²) in [5, 5.41) is 3.40. The first kappa shape index (κ1) is 18.5. The average Bonchev–Trinajstić information content (AvgIpc) is 3.11. The molecule has 0 aromatic carbocycles. The van der Waals surface area contributed by atoms with Crippen molar-refractivity contribution < 1.29 is 22.6 Å². The minimum atomic E-state index is -4.55. The first-order valence-electron chi connectivity index (χ1n) is 7.35. The molecule has 0 saturated carbocycles. The van der Waals surface area contributed by atoms with Gasteiger partial charge in [0.25, 0.3) is 0 Å². The molecule has 3 aromatic heterocycles. The summed E-state index contributed by atoms with van der Waals surface area (Å²) in [6.45, 7) is 2.07. The van der Waals surface area contributed by atoms with Crippen LogP contribution in [0, 0.1) is 6.92 Å². The molecule has 3 aromatic rings. The van der Waals surface area contributed by atoms with Crippen LogP contribution < -0.4 is 9.47 Å². The third-order valence-electron chi connectivity index (χ3n) is 3.25. The lowest BCUT2D eigenvalue weighted by Gasteiger charge is -2.09. The Labute approximate surface area is 155 Å². The molecule has 0 spiro atoms. The van der Waals surface area contributed by atoms with E-state index in [4.69, 9.17) is 21.1 Å². The Hall–Kier alpha value is -2.26. The number of alkyl halides is 3. The van der Waals surface area contributed by atoms with Crippen molar-refractivity contribution in [1.29, 1.82) is 0 Å². The fourth-order valence-electron chi connectivity index (χ4n) is 2.10. The molecule has 0 aliphatic rings. The summed E-state index contributed by atoms with van der Waals surface area (Å²) in [6.07, 6.45) is -4.55. The summed E-state index contributed by atoms with van der Waals surface area (Å²) in [7, 11) is 1.36. The van der Waals surface area contributed by atoms with Crippen LogP contribution in [0.1, 0.15) is 16.1 Å². The molecule has 0 bridgehead atoms. The van der Waals surface area contributed by atoms with Crippen LogP contribution in [0.2, 0.25) is 4.34 Å². The van der Waals surface area contributed by atoms with Gasteiger partial charge in [0.15, 0.2) is 5.69 Å². The van der Waals surface area contributed by atoms with Gasteiger partial charge in [-0.25, -0.2) is 4.68 Å². The lowest BCUT2D eigenvalue weighted by molar-refractivity contribution is -0.141. The molecule has 0 radical (unpaired) electrons. The highest BCUT2D eigenvalue weighted by Crippen LogP contribution is 2.32. The summed E-state index contributed by atoms with van der Waals surface area (Å²) in [5.74, 6) is 0.329. The van der Waals surface area contributed by atoms with Crippen LogP contribution in [0.15, 0.2) is 30.3 Å². The Kier molecular flexibility index (Phi) is 5.10. The average molecular weight is 404 g/mol. The number of hydrogen-bond acceptors (Lipinski definition) is 5. The number of pyridine rings is 1. The second kappa shape index (κ2) is 7.16. The predicted molar refractivity (Wildman–Crippen MR) is 90.9 cm³/mol. The SMILES string of the molecule is Cc1cc(OCc2ccc(Cl)s2)nc(Oc2cc(C(F)(F)F)nn2C)c1. The fourth-order valence-corrected chi connectivity index (χ4v) is 3.10. The van der Waals surface area contributed by atoms with E-state index in [-0.39, 0.29) is 18.4 Å². The minimum Gasteiger partial charge on any atom is -0.472 e. The number of aryl methyl sites for hydroxylation is 2. The van der Waals surface area contributed by atoms with E-state index >= 15 is 0 Å². The molecule has 5 nitrogen and oxygen atoms in total. The zero-order valence-electron chi connectivity index (χ0n) is 13.7. The molecule has 10 heteroatoms. The maximum atomic E-state index is 12.7. The molecule has 0 aliphatic heterocycles. The van der Waals surface area contributed by atoms with Crippen LogP contribution in [0.25, 0.3) is 0 Å². The van der Waals surface area contributed by atoms with Crippen LogP contribution in [-0.4, -0.2) is 14.8 Å². The van der Waals surface area contributed by atoms with Crippen molar-refractivity contribution >= 4 is 22.9 Å². The van der Waals surface area contributed by atoms with Gasteiger partial charge in [0.2, 0.25) is 17.6 Å². The van der Waals surface area contributed by atoms with Crippen LogP contribution >= 0.6 is 22.9 Å². The summed E-state index contributed by atoms with van der Waals surface area (Å²) in [5.41, 5.74) is -0.249. The van der Waals surface area contributed by atoms with Gasteiger partial charge in [0, 0.05) is 30.1 Å². The summed E-state index contributed by atoms with van der Waals surface area (Å²) in [6, 6.07) is 7.72. The van der Waals surface area contributed by atoms with Crippen LogP contribution in [0.5, 0.6) is 17.6 Å². The number of halogens is 4. The Morgan fingerprint density at radius 1 is 1.19 bits per heavy atom. The molecular formula is C16H13ClF3N3O2S. The molecule has 26 heavy (non-hydrogen) atoms. The summed E-state index contributed by atoms with van der Waals surface area (Å²) >= 11 is 7.26. The van der Waals surface area contributed by atoms with Crippen molar-refractivity contribution in [2.24, 2.45) is 7.05 Å². The number of aromatic nitrogens is 3. The van der Waals surface area contributed by atoms with E-state index in [1.165, 1.54) is 18.4 Å². The maximum absolute atomic E-state index is 12.7. The molecule has 3 rings (SSSR count). The smallest absolute Gasteiger partial charge is 0.435 e.